The van der Waals surface area contributed by atoms with E-state index >= 15 is 0 Å². The number of aliphatic carboxylic acids is 1. The fourth-order valence-corrected chi connectivity index (χ4v) is 2.16. The summed E-state index contributed by atoms with van der Waals surface area (Å²) in [7, 11) is 2.02. The first-order chi connectivity index (χ1) is 9.04. The highest BCUT2D eigenvalue weighted by molar-refractivity contribution is 5.92. The molecule has 1 aromatic rings. The molecule has 8 heteroatoms. The highest BCUT2D eigenvalue weighted by atomic mass is 16.4. The summed E-state index contributed by atoms with van der Waals surface area (Å²) in [5.74, 6) is -1.33. The molecular weight excluding hydrogens is 250 g/mol. The molecular formula is C11H17N5O3. The van der Waals surface area contributed by atoms with Gasteiger partial charge in [0.25, 0.3) is 5.91 Å². The Morgan fingerprint density at radius 3 is 3.05 bits per heavy atom. The summed E-state index contributed by atoms with van der Waals surface area (Å²) in [5.41, 5.74) is 0.148. The number of hydrogen-bond donors (Lipinski definition) is 2. The molecule has 1 aliphatic rings. The number of piperidine rings is 1. The van der Waals surface area contributed by atoms with E-state index in [0.29, 0.717) is 0 Å². The van der Waals surface area contributed by atoms with E-state index in [0.717, 1.165) is 30.6 Å². The molecule has 1 amide bonds. The van der Waals surface area contributed by atoms with Crippen LogP contribution in [0.25, 0.3) is 0 Å². The lowest BCUT2D eigenvalue weighted by Gasteiger charge is -2.29. The van der Waals surface area contributed by atoms with Crippen molar-refractivity contribution in [2.45, 2.75) is 25.4 Å². The van der Waals surface area contributed by atoms with Crippen LogP contribution in [0, 0.1) is 0 Å². The molecule has 0 spiro atoms. The molecule has 2 heterocycles. The van der Waals surface area contributed by atoms with Gasteiger partial charge in [0.05, 0.1) is 6.20 Å². The molecule has 0 aliphatic carbocycles. The second-order valence-electron chi connectivity index (χ2n) is 4.77. The topological polar surface area (TPSA) is 100 Å². The quantitative estimate of drug-likeness (QED) is 0.739. The second kappa shape index (κ2) is 5.79. The van der Waals surface area contributed by atoms with Crippen molar-refractivity contribution in [3.63, 3.8) is 0 Å². The Balaban J connectivity index is 1.92. The Morgan fingerprint density at radius 1 is 1.58 bits per heavy atom. The molecule has 0 bridgehead atoms. The minimum absolute atomic E-state index is 0.107. The largest absolute Gasteiger partial charge is 0.480 e. The van der Waals surface area contributed by atoms with Crippen molar-refractivity contribution in [1.29, 1.82) is 0 Å². The number of amides is 1. The molecule has 1 aliphatic heterocycles. The molecule has 0 saturated carbocycles. The third kappa shape index (κ3) is 3.75. The maximum absolute atomic E-state index is 11.9. The number of aromatic nitrogens is 3. The number of carboxylic acids is 1. The fourth-order valence-electron chi connectivity index (χ4n) is 2.16. The third-order valence-corrected chi connectivity index (χ3v) is 3.03. The third-order valence-electron chi connectivity index (χ3n) is 3.03. The molecule has 1 atom stereocenters. The monoisotopic (exact) mass is 267 g/mol. The summed E-state index contributed by atoms with van der Waals surface area (Å²) in [6.45, 7) is 1.56. The van der Waals surface area contributed by atoms with Gasteiger partial charge in [-0.15, -0.1) is 5.10 Å². The average Bonchev–Trinajstić information content (AvgIpc) is 2.76. The Morgan fingerprint density at radius 2 is 2.37 bits per heavy atom. The molecule has 104 valence electrons. The van der Waals surface area contributed by atoms with E-state index in [4.69, 9.17) is 5.11 Å². The van der Waals surface area contributed by atoms with E-state index in [9.17, 15) is 9.59 Å². The van der Waals surface area contributed by atoms with E-state index in [2.05, 4.69) is 20.5 Å². The van der Waals surface area contributed by atoms with Crippen LogP contribution < -0.4 is 5.32 Å². The molecule has 0 aromatic carbocycles. The molecule has 2 N–H and O–H groups in total. The van der Waals surface area contributed by atoms with Crippen LogP contribution in [0.5, 0.6) is 0 Å². The molecule has 1 fully saturated rings. The number of likely N-dealkylation sites (N-methyl/N-ethyl adjacent to an activating group) is 1. The summed E-state index contributed by atoms with van der Waals surface area (Å²) in [6, 6.07) is 0.107. The molecule has 8 nitrogen and oxygen atoms in total. The molecule has 1 unspecified atom stereocenters. The lowest BCUT2D eigenvalue weighted by Crippen LogP contribution is -2.46. The van der Waals surface area contributed by atoms with Gasteiger partial charge in [0, 0.05) is 12.6 Å². The first-order valence-corrected chi connectivity index (χ1v) is 6.16. The highest BCUT2D eigenvalue weighted by Crippen LogP contribution is 2.08. The number of nitrogens with one attached hydrogen (secondary N) is 1. The van der Waals surface area contributed by atoms with Gasteiger partial charge in [0.1, 0.15) is 6.54 Å². The Bertz CT molecular complexity index is 473. The molecule has 2 rings (SSSR count). The van der Waals surface area contributed by atoms with Gasteiger partial charge in [0.15, 0.2) is 5.69 Å². The van der Waals surface area contributed by atoms with Crippen molar-refractivity contribution < 1.29 is 14.7 Å². The van der Waals surface area contributed by atoms with Crippen LogP contribution in [0.15, 0.2) is 6.20 Å². The molecule has 1 aromatic heterocycles. The molecule has 19 heavy (non-hydrogen) atoms. The number of likely N-dealkylation sites (tertiary alicyclic amines) is 1. The standard InChI is InChI=1S/C11H17N5O3/c1-15-4-2-3-8(5-15)12-11(19)9-6-16(14-13-9)7-10(17)18/h6,8H,2-5,7H2,1H3,(H,12,19)(H,17,18). The first-order valence-electron chi connectivity index (χ1n) is 6.16. The second-order valence-corrected chi connectivity index (χ2v) is 4.77. The summed E-state index contributed by atoms with van der Waals surface area (Å²) >= 11 is 0. The zero-order chi connectivity index (χ0) is 13.8. The van der Waals surface area contributed by atoms with E-state index in [1.807, 2.05) is 7.05 Å². The molecule has 1 saturated heterocycles. The summed E-state index contributed by atoms with van der Waals surface area (Å²) in [5, 5.41) is 18.8. The lowest BCUT2D eigenvalue weighted by atomic mass is 10.1. The lowest BCUT2D eigenvalue weighted by molar-refractivity contribution is -0.137. The number of carbonyl (C=O) groups is 2. The minimum atomic E-state index is -1.02. The normalized spacial score (nSPS) is 20.2. The van der Waals surface area contributed by atoms with Crippen LogP contribution in [-0.2, 0) is 11.3 Å². The fraction of sp³-hybridized carbons (Fsp3) is 0.636. The maximum Gasteiger partial charge on any atom is 0.325 e. The maximum atomic E-state index is 11.9. The number of nitrogens with zero attached hydrogens (tertiary/aromatic N) is 4. The zero-order valence-corrected chi connectivity index (χ0v) is 10.7. The number of carbonyl (C=O) groups excluding carboxylic acids is 1. The van der Waals surface area contributed by atoms with E-state index < -0.39 is 5.97 Å². The molecule has 0 radical (unpaired) electrons. The van der Waals surface area contributed by atoms with E-state index in [1.54, 1.807) is 0 Å². The smallest absolute Gasteiger partial charge is 0.325 e. The van der Waals surface area contributed by atoms with Gasteiger partial charge in [-0.3, -0.25) is 9.59 Å². The van der Waals surface area contributed by atoms with Crippen LogP contribution in [-0.4, -0.2) is 63.1 Å². The van der Waals surface area contributed by atoms with Crippen LogP contribution in [0.2, 0.25) is 0 Å². The van der Waals surface area contributed by atoms with Crippen molar-refractivity contribution >= 4 is 11.9 Å². The predicted octanol–water partition coefficient (Wildman–Crippen LogP) is -0.813. The van der Waals surface area contributed by atoms with Crippen molar-refractivity contribution in [3.8, 4) is 0 Å². The van der Waals surface area contributed by atoms with Crippen LogP contribution in [0.3, 0.4) is 0 Å². The minimum Gasteiger partial charge on any atom is -0.480 e. The SMILES string of the molecule is CN1CCCC(NC(=O)c2cn(CC(=O)O)nn2)C1. The average molecular weight is 267 g/mol. The number of carboxylic acid groups (broad SMARTS) is 1. The van der Waals surface area contributed by atoms with Gasteiger partial charge >= 0.3 is 5.97 Å². The van der Waals surface area contributed by atoms with E-state index in [-0.39, 0.29) is 24.2 Å². The van der Waals surface area contributed by atoms with Gasteiger partial charge in [-0.25, -0.2) is 4.68 Å². The van der Waals surface area contributed by atoms with Crippen molar-refractivity contribution in [2.24, 2.45) is 0 Å². The zero-order valence-electron chi connectivity index (χ0n) is 10.7. The predicted molar refractivity (Wildman–Crippen MR) is 65.6 cm³/mol. The van der Waals surface area contributed by atoms with Crippen LogP contribution >= 0.6 is 0 Å². The van der Waals surface area contributed by atoms with Gasteiger partial charge in [-0.05, 0) is 26.4 Å². The highest BCUT2D eigenvalue weighted by Gasteiger charge is 2.21. The van der Waals surface area contributed by atoms with Crippen molar-refractivity contribution in [2.75, 3.05) is 20.1 Å². The van der Waals surface area contributed by atoms with Crippen LogP contribution in [0.1, 0.15) is 23.3 Å². The summed E-state index contributed by atoms with van der Waals surface area (Å²) < 4.78 is 1.13. The summed E-state index contributed by atoms with van der Waals surface area (Å²) in [6.07, 6.45) is 3.34. The first kappa shape index (κ1) is 13.5. The van der Waals surface area contributed by atoms with Gasteiger partial charge in [0.2, 0.25) is 0 Å². The Kier molecular flexibility index (Phi) is 4.10. The summed E-state index contributed by atoms with van der Waals surface area (Å²) in [4.78, 5) is 24.6. The van der Waals surface area contributed by atoms with Crippen molar-refractivity contribution in [1.82, 2.24) is 25.2 Å². The van der Waals surface area contributed by atoms with Gasteiger partial charge < -0.3 is 15.3 Å². The van der Waals surface area contributed by atoms with Crippen molar-refractivity contribution in [3.05, 3.63) is 11.9 Å². The number of rotatable bonds is 4. The Labute approximate surface area is 110 Å². The van der Waals surface area contributed by atoms with Crippen LogP contribution in [0.4, 0.5) is 0 Å². The van der Waals surface area contributed by atoms with Gasteiger partial charge in [-0.1, -0.05) is 5.21 Å². The number of hydrogen-bond acceptors (Lipinski definition) is 5. The van der Waals surface area contributed by atoms with Gasteiger partial charge in [-0.2, -0.15) is 0 Å². The van der Waals surface area contributed by atoms with E-state index in [1.165, 1.54) is 6.20 Å². The Hall–Kier alpha value is -1.96.